The third-order valence-electron chi connectivity index (χ3n) is 13.6. The van der Waals surface area contributed by atoms with Crippen molar-refractivity contribution in [1.29, 1.82) is 0 Å². The third-order valence-corrected chi connectivity index (χ3v) is 13.6. The highest BCUT2D eigenvalue weighted by molar-refractivity contribution is 5.71. The van der Waals surface area contributed by atoms with Crippen LogP contribution >= 0.6 is 0 Å². The zero-order valence-corrected chi connectivity index (χ0v) is 49.3. The van der Waals surface area contributed by atoms with E-state index in [1.807, 2.05) is 0 Å². The standard InChI is InChI=1S/C69H118O6/c1-4-7-10-13-16-18-20-22-24-25-26-27-28-29-30-31-32-33-34-35-36-37-38-39-40-41-42-43-45-46-48-50-53-56-59-62-68(71)74-65-66(64-73-67(70)61-58-55-52-15-12-9-6-3)75-69(72)63-60-57-54-51-49-47-44-23-21-19-17-14-11-8-5-2/h7,10,16-19,22-24,26-27,29-30,32-33,44,66H,4-6,8-9,11-15,20-21,25,28,31,34-43,45-65H2,1-3H3/b10-7-,18-16-,19-17-,24-22-,27-26-,30-29-,33-32-,44-23-. The summed E-state index contributed by atoms with van der Waals surface area (Å²) >= 11 is 0. The van der Waals surface area contributed by atoms with Crippen LogP contribution in [0.1, 0.15) is 303 Å². The van der Waals surface area contributed by atoms with Gasteiger partial charge in [0.05, 0.1) is 0 Å². The van der Waals surface area contributed by atoms with E-state index in [0.29, 0.717) is 19.3 Å². The molecule has 0 fully saturated rings. The van der Waals surface area contributed by atoms with Crippen molar-refractivity contribution in [3.05, 3.63) is 97.2 Å². The topological polar surface area (TPSA) is 78.9 Å². The minimum atomic E-state index is -0.780. The van der Waals surface area contributed by atoms with Crippen molar-refractivity contribution in [3.8, 4) is 0 Å². The summed E-state index contributed by atoms with van der Waals surface area (Å²) in [5.74, 6) is -0.892. The maximum Gasteiger partial charge on any atom is 0.306 e. The second-order valence-electron chi connectivity index (χ2n) is 20.9. The summed E-state index contributed by atoms with van der Waals surface area (Å²) in [7, 11) is 0. The van der Waals surface area contributed by atoms with Gasteiger partial charge in [0.1, 0.15) is 13.2 Å². The lowest BCUT2D eigenvalue weighted by molar-refractivity contribution is -0.167. The number of hydrogen-bond donors (Lipinski definition) is 0. The van der Waals surface area contributed by atoms with Crippen LogP contribution in [0.25, 0.3) is 0 Å². The molecule has 0 spiro atoms. The number of carbonyl (C=O) groups is 3. The van der Waals surface area contributed by atoms with Crippen LogP contribution < -0.4 is 0 Å². The minimum Gasteiger partial charge on any atom is -0.462 e. The van der Waals surface area contributed by atoms with Gasteiger partial charge in [-0.25, -0.2) is 0 Å². The van der Waals surface area contributed by atoms with Crippen molar-refractivity contribution in [3.63, 3.8) is 0 Å². The molecule has 0 heterocycles. The Balaban J connectivity index is 4.01. The van der Waals surface area contributed by atoms with Crippen molar-refractivity contribution in [2.45, 2.75) is 309 Å². The lowest BCUT2D eigenvalue weighted by Crippen LogP contribution is -2.30. The SMILES string of the molecule is CC/C=C\C/C=C\C/C=C\C/C=C\C/C=C\C/C=C\CCCCCCCCCCCCCCCCCCC(=O)OCC(COC(=O)CCCCCCCCC)OC(=O)CCCCCCC/C=C\C/C=C\CCCCC. The molecule has 0 aliphatic heterocycles. The van der Waals surface area contributed by atoms with Crippen LogP contribution in [0, 0.1) is 0 Å². The molecule has 0 bridgehead atoms. The molecule has 6 nitrogen and oxygen atoms in total. The van der Waals surface area contributed by atoms with E-state index < -0.39 is 6.10 Å². The molecule has 0 aliphatic carbocycles. The first-order valence-electron chi connectivity index (χ1n) is 31.7. The Bertz CT molecular complexity index is 1480. The van der Waals surface area contributed by atoms with Gasteiger partial charge < -0.3 is 14.2 Å². The quantitative estimate of drug-likeness (QED) is 0.0261. The molecular formula is C69H118O6. The van der Waals surface area contributed by atoms with E-state index in [0.717, 1.165) is 122 Å². The number of hydrogen-bond acceptors (Lipinski definition) is 6. The third kappa shape index (κ3) is 61.1. The van der Waals surface area contributed by atoms with Crippen molar-refractivity contribution in [2.75, 3.05) is 13.2 Å². The van der Waals surface area contributed by atoms with Gasteiger partial charge in [0.25, 0.3) is 0 Å². The zero-order valence-electron chi connectivity index (χ0n) is 49.3. The fourth-order valence-corrected chi connectivity index (χ4v) is 8.83. The van der Waals surface area contributed by atoms with Gasteiger partial charge in [-0.05, 0) is 103 Å². The summed E-state index contributed by atoms with van der Waals surface area (Å²) < 4.78 is 16.8. The Labute approximate surface area is 464 Å². The summed E-state index contributed by atoms with van der Waals surface area (Å²) in [6.07, 6.45) is 84.5. The van der Waals surface area contributed by atoms with Crippen molar-refractivity contribution in [1.82, 2.24) is 0 Å². The van der Waals surface area contributed by atoms with Crippen LogP contribution in [0.4, 0.5) is 0 Å². The van der Waals surface area contributed by atoms with Gasteiger partial charge in [-0.2, -0.15) is 0 Å². The molecule has 75 heavy (non-hydrogen) atoms. The number of allylic oxidation sites excluding steroid dienone is 16. The first kappa shape index (κ1) is 71.3. The van der Waals surface area contributed by atoms with E-state index in [1.165, 1.54) is 141 Å². The van der Waals surface area contributed by atoms with E-state index in [4.69, 9.17) is 14.2 Å². The number of ether oxygens (including phenoxy) is 3. The van der Waals surface area contributed by atoms with Crippen LogP contribution in [0.5, 0.6) is 0 Å². The molecule has 0 rings (SSSR count). The average molecular weight is 1040 g/mol. The van der Waals surface area contributed by atoms with Gasteiger partial charge in [0, 0.05) is 19.3 Å². The molecule has 1 unspecified atom stereocenters. The van der Waals surface area contributed by atoms with Gasteiger partial charge in [0.15, 0.2) is 6.10 Å². The zero-order chi connectivity index (χ0) is 54.3. The summed E-state index contributed by atoms with van der Waals surface area (Å²) in [4.78, 5) is 38.0. The number of rotatable bonds is 57. The van der Waals surface area contributed by atoms with E-state index in [-0.39, 0.29) is 31.1 Å². The molecule has 0 aromatic heterocycles. The first-order chi connectivity index (χ1) is 37.0. The Morgan fingerprint density at radius 1 is 0.280 bits per heavy atom. The van der Waals surface area contributed by atoms with Crippen LogP contribution in [0.2, 0.25) is 0 Å². The van der Waals surface area contributed by atoms with Gasteiger partial charge in [0.2, 0.25) is 0 Å². The molecule has 0 saturated heterocycles. The van der Waals surface area contributed by atoms with E-state index >= 15 is 0 Å². The Kier molecular flexibility index (Phi) is 59.8. The summed E-state index contributed by atoms with van der Waals surface area (Å²) in [5, 5.41) is 0. The van der Waals surface area contributed by atoms with Crippen molar-refractivity contribution in [2.24, 2.45) is 0 Å². The lowest BCUT2D eigenvalue weighted by atomic mass is 10.0. The molecular weight excluding hydrogens is 925 g/mol. The molecule has 0 amide bonds. The predicted octanol–water partition coefficient (Wildman–Crippen LogP) is 21.7. The van der Waals surface area contributed by atoms with Gasteiger partial charge in [-0.1, -0.05) is 279 Å². The fraction of sp³-hybridized carbons (Fsp3) is 0.725. The Hall–Kier alpha value is -3.67. The normalized spacial score (nSPS) is 12.7. The minimum absolute atomic E-state index is 0.0795. The second-order valence-corrected chi connectivity index (χ2v) is 20.9. The molecule has 0 saturated carbocycles. The molecule has 0 aromatic rings. The van der Waals surface area contributed by atoms with Gasteiger partial charge in [-0.15, -0.1) is 0 Å². The second kappa shape index (κ2) is 62.9. The summed E-state index contributed by atoms with van der Waals surface area (Å²) in [6.45, 7) is 6.46. The van der Waals surface area contributed by atoms with Gasteiger partial charge in [-0.3, -0.25) is 14.4 Å². The molecule has 0 aromatic carbocycles. The molecule has 0 radical (unpaired) electrons. The Morgan fingerprint density at radius 3 is 0.840 bits per heavy atom. The maximum absolute atomic E-state index is 12.8. The molecule has 1 atom stereocenters. The molecule has 6 heteroatoms. The summed E-state index contributed by atoms with van der Waals surface area (Å²) in [6, 6.07) is 0. The van der Waals surface area contributed by atoms with E-state index in [1.54, 1.807) is 0 Å². The highest BCUT2D eigenvalue weighted by Gasteiger charge is 2.19. The molecule has 0 aliphatic rings. The monoisotopic (exact) mass is 1040 g/mol. The van der Waals surface area contributed by atoms with Crippen LogP contribution in [-0.2, 0) is 28.6 Å². The summed E-state index contributed by atoms with van der Waals surface area (Å²) in [5.41, 5.74) is 0. The molecule has 0 N–H and O–H groups in total. The smallest absolute Gasteiger partial charge is 0.306 e. The maximum atomic E-state index is 12.8. The average Bonchev–Trinajstić information content (AvgIpc) is 3.41. The van der Waals surface area contributed by atoms with E-state index in [9.17, 15) is 14.4 Å². The Morgan fingerprint density at radius 2 is 0.520 bits per heavy atom. The highest BCUT2D eigenvalue weighted by atomic mass is 16.6. The van der Waals surface area contributed by atoms with E-state index in [2.05, 4.69) is 118 Å². The van der Waals surface area contributed by atoms with Crippen LogP contribution in [-0.4, -0.2) is 37.2 Å². The van der Waals surface area contributed by atoms with Gasteiger partial charge >= 0.3 is 17.9 Å². The van der Waals surface area contributed by atoms with Crippen molar-refractivity contribution < 1.29 is 28.6 Å². The fourth-order valence-electron chi connectivity index (χ4n) is 8.83. The number of esters is 3. The van der Waals surface area contributed by atoms with Crippen molar-refractivity contribution >= 4 is 17.9 Å². The molecule has 430 valence electrons. The lowest BCUT2D eigenvalue weighted by Gasteiger charge is -2.18. The highest BCUT2D eigenvalue weighted by Crippen LogP contribution is 2.16. The largest absolute Gasteiger partial charge is 0.462 e. The number of unbranched alkanes of at least 4 members (excludes halogenated alkanes) is 30. The van der Waals surface area contributed by atoms with Crippen LogP contribution in [0.15, 0.2) is 97.2 Å². The number of carbonyl (C=O) groups excluding carboxylic acids is 3. The first-order valence-corrected chi connectivity index (χ1v) is 31.7. The predicted molar refractivity (Wildman–Crippen MR) is 325 cm³/mol. The van der Waals surface area contributed by atoms with Crippen LogP contribution in [0.3, 0.4) is 0 Å².